The van der Waals surface area contributed by atoms with Crippen LogP contribution in [0.2, 0.25) is 0 Å². The molecule has 2 aromatic heterocycles. The topological polar surface area (TPSA) is 110 Å². The van der Waals surface area contributed by atoms with E-state index < -0.39 is 0 Å². The van der Waals surface area contributed by atoms with Crippen molar-refractivity contribution >= 4 is 28.3 Å². The predicted molar refractivity (Wildman–Crippen MR) is 106 cm³/mol. The van der Waals surface area contributed by atoms with E-state index >= 15 is 0 Å². The molecule has 3 aromatic rings. The number of ether oxygens (including phenoxy) is 1. The number of nitrogens with one attached hydrogen (secondary N) is 1. The van der Waals surface area contributed by atoms with Crippen LogP contribution in [0.15, 0.2) is 40.4 Å². The van der Waals surface area contributed by atoms with Crippen LogP contribution in [0, 0.1) is 5.92 Å². The molecule has 0 radical (unpaired) electrons. The third kappa shape index (κ3) is 4.11. The molecule has 1 N–H and O–H groups in total. The fraction of sp³-hybridized carbons (Fsp3) is 0.316. The Morgan fingerprint density at radius 1 is 1.34 bits per heavy atom. The standard InChI is InChI=1S/C19H19N5O4S/c1-27-15-7-3-2-6-13(15)16-9-14(23-28-16)18(26)24-8-4-5-12(10-24)17(25)21-19-22-20-11-29-19/h2-3,6-7,9,11-12H,4-5,8,10H2,1H3,(H,21,22,25). The van der Waals surface area contributed by atoms with E-state index in [4.69, 9.17) is 9.26 Å². The molecule has 0 spiro atoms. The zero-order chi connectivity index (χ0) is 20.2. The summed E-state index contributed by atoms with van der Waals surface area (Å²) in [6.07, 6.45) is 1.44. The Kier molecular flexibility index (Phi) is 5.52. The molecule has 1 fully saturated rings. The maximum Gasteiger partial charge on any atom is 0.276 e. The molecule has 150 valence electrons. The number of piperidine rings is 1. The Bertz CT molecular complexity index is 1000. The number of benzene rings is 1. The third-order valence-corrected chi connectivity index (χ3v) is 5.38. The number of amides is 2. The van der Waals surface area contributed by atoms with Gasteiger partial charge in [-0.2, -0.15) is 0 Å². The monoisotopic (exact) mass is 413 g/mol. The molecule has 1 saturated heterocycles. The number of hydrogen-bond donors (Lipinski definition) is 1. The Balaban J connectivity index is 1.45. The van der Waals surface area contributed by atoms with Crippen molar-refractivity contribution < 1.29 is 18.8 Å². The van der Waals surface area contributed by atoms with Crippen molar-refractivity contribution in [1.29, 1.82) is 0 Å². The van der Waals surface area contributed by atoms with E-state index in [2.05, 4.69) is 20.7 Å². The first-order valence-electron chi connectivity index (χ1n) is 9.12. The second-order valence-corrected chi connectivity index (χ2v) is 7.43. The highest BCUT2D eigenvalue weighted by atomic mass is 32.1. The number of anilines is 1. The van der Waals surface area contributed by atoms with Crippen LogP contribution in [0.25, 0.3) is 11.3 Å². The maximum atomic E-state index is 12.9. The lowest BCUT2D eigenvalue weighted by Crippen LogP contribution is -2.43. The Labute approximate surface area is 170 Å². The minimum absolute atomic E-state index is 0.158. The van der Waals surface area contributed by atoms with E-state index in [-0.39, 0.29) is 23.4 Å². The number of nitrogens with zero attached hydrogens (tertiary/aromatic N) is 4. The molecule has 29 heavy (non-hydrogen) atoms. The van der Waals surface area contributed by atoms with Gasteiger partial charge in [0.05, 0.1) is 18.6 Å². The third-order valence-electron chi connectivity index (χ3n) is 4.77. The summed E-state index contributed by atoms with van der Waals surface area (Å²) in [6, 6.07) is 8.96. The average molecular weight is 413 g/mol. The van der Waals surface area contributed by atoms with Gasteiger partial charge in [-0.25, -0.2) is 0 Å². The van der Waals surface area contributed by atoms with Crippen LogP contribution < -0.4 is 10.1 Å². The number of likely N-dealkylation sites (tertiary alicyclic amines) is 1. The van der Waals surface area contributed by atoms with Crippen LogP contribution in [0.5, 0.6) is 5.75 Å². The summed E-state index contributed by atoms with van der Waals surface area (Å²) in [4.78, 5) is 27.0. The predicted octanol–water partition coefficient (Wildman–Crippen LogP) is 2.69. The highest BCUT2D eigenvalue weighted by Gasteiger charge is 2.31. The first-order chi connectivity index (χ1) is 14.2. The van der Waals surface area contributed by atoms with Gasteiger partial charge in [-0.15, -0.1) is 10.2 Å². The number of rotatable bonds is 5. The van der Waals surface area contributed by atoms with Crippen molar-refractivity contribution in [3.05, 3.63) is 41.5 Å². The zero-order valence-electron chi connectivity index (χ0n) is 15.7. The fourth-order valence-corrected chi connectivity index (χ4v) is 3.77. The van der Waals surface area contributed by atoms with E-state index in [1.807, 2.05) is 24.3 Å². The molecule has 1 unspecified atom stereocenters. The van der Waals surface area contributed by atoms with Crippen LogP contribution in [-0.2, 0) is 4.79 Å². The van der Waals surface area contributed by atoms with Gasteiger partial charge < -0.3 is 19.5 Å². The molecule has 0 saturated carbocycles. The molecule has 1 aliphatic rings. The number of hydrogen-bond acceptors (Lipinski definition) is 8. The molecule has 1 aliphatic heterocycles. The molecule has 9 nitrogen and oxygen atoms in total. The number of carbonyl (C=O) groups is 2. The average Bonchev–Trinajstić information content (AvgIpc) is 3.45. The molecule has 0 aliphatic carbocycles. The van der Waals surface area contributed by atoms with Crippen LogP contribution in [-0.4, -0.2) is 52.3 Å². The first kappa shape index (κ1) is 19.1. The van der Waals surface area contributed by atoms with Gasteiger partial charge in [0, 0.05) is 19.2 Å². The lowest BCUT2D eigenvalue weighted by atomic mass is 9.97. The van der Waals surface area contributed by atoms with Crippen molar-refractivity contribution in [2.24, 2.45) is 5.92 Å². The summed E-state index contributed by atoms with van der Waals surface area (Å²) in [5.41, 5.74) is 2.47. The molecule has 0 bridgehead atoms. The van der Waals surface area contributed by atoms with E-state index in [1.165, 1.54) is 11.3 Å². The van der Waals surface area contributed by atoms with Crippen molar-refractivity contribution in [1.82, 2.24) is 20.3 Å². The van der Waals surface area contributed by atoms with Gasteiger partial charge >= 0.3 is 0 Å². The van der Waals surface area contributed by atoms with Gasteiger partial charge in [0.2, 0.25) is 11.0 Å². The molecule has 2 amide bonds. The summed E-state index contributed by atoms with van der Waals surface area (Å²) in [5.74, 6) is 0.358. The van der Waals surface area contributed by atoms with E-state index in [0.29, 0.717) is 36.2 Å². The maximum absolute atomic E-state index is 12.9. The van der Waals surface area contributed by atoms with Gasteiger partial charge in [0.25, 0.3) is 5.91 Å². The number of para-hydroxylation sites is 1. The Hall–Kier alpha value is -3.27. The van der Waals surface area contributed by atoms with Crippen LogP contribution >= 0.6 is 11.3 Å². The molecular formula is C19H19N5O4S. The van der Waals surface area contributed by atoms with Gasteiger partial charge in [0.15, 0.2) is 11.5 Å². The molecule has 4 rings (SSSR count). The number of carbonyl (C=O) groups excluding carboxylic acids is 2. The first-order valence-corrected chi connectivity index (χ1v) is 10.00. The minimum Gasteiger partial charge on any atom is -0.496 e. The lowest BCUT2D eigenvalue weighted by Gasteiger charge is -2.31. The van der Waals surface area contributed by atoms with Crippen LogP contribution in [0.4, 0.5) is 5.13 Å². The van der Waals surface area contributed by atoms with Crippen molar-refractivity contribution in [3.63, 3.8) is 0 Å². The second kappa shape index (κ2) is 8.39. The molecule has 1 atom stereocenters. The van der Waals surface area contributed by atoms with E-state index in [9.17, 15) is 9.59 Å². The van der Waals surface area contributed by atoms with Crippen LogP contribution in [0.1, 0.15) is 23.3 Å². The number of aromatic nitrogens is 3. The SMILES string of the molecule is COc1ccccc1-c1cc(C(=O)N2CCCC(C(=O)Nc3nncs3)C2)no1. The lowest BCUT2D eigenvalue weighted by molar-refractivity contribution is -0.121. The van der Waals surface area contributed by atoms with Crippen LogP contribution in [0.3, 0.4) is 0 Å². The van der Waals surface area contributed by atoms with Crippen molar-refractivity contribution in [2.75, 3.05) is 25.5 Å². The van der Waals surface area contributed by atoms with Gasteiger partial charge in [-0.05, 0) is 25.0 Å². The highest BCUT2D eigenvalue weighted by molar-refractivity contribution is 7.13. The normalized spacial score (nSPS) is 16.4. The quantitative estimate of drug-likeness (QED) is 0.685. The smallest absolute Gasteiger partial charge is 0.276 e. The zero-order valence-corrected chi connectivity index (χ0v) is 16.5. The van der Waals surface area contributed by atoms with E-state index in [1.54, 1.807) is 23.6 Å². The second-order valence-electron chi connectivity index (χ2n) is 6.60. The summed E-state index contributed by atoms with van der Waals surface area (Å²) in [7, 11) is 1.57. The van der Waals surface area contributed by atoms with Gasteiger partial charge in [-0.1, -0.05) is 28.6 Å². The summed E-state index contributed by atoms with van der Waals surface area (Å²) in [5, 5.41) is 14.7. The summed E-state index contributed by atoms with van der Waals surface area (Å²) >= 11 is 1.26. The highest BCUT2D eigenvalue weighted by Crippen LogP contribution is 2.30. The van der Waals surface area contributed by atoms with Crippen molar-refractivity contribution in [3.8, 4) is 17.1 Å². The molecular weight excluding hydrogens is 394 g/mol. The summed E-state index contributed by atoms with van der Waals surface area (Å²) < 4.78 is 10.7. The van der Waals surface area contributed by atoms with Crippen molar-refractivity contribution in [2.45, 2.75) is 12.8 Å². The molecule has 1 aromatic carbocycles. The van der Waals surface area contributed by atoms with Gasteiger partial charge in [0.1, 0.15) is 11.3 Å². The van der Waals surface area contributed by atoms with E-state index in [0.717, 1.165) is 12.0 Å². The van der Waals surface area contributed by atoms with Gasteiger partial charge in [-0.3, -0.25) is 9.59 Å². The summed E-state index contributed by atoms with van der Waals surface area (Å²) in [6.45, 7) is 0.887. The molecule has 3 heterocycles. The fourth-order valence-electron chi connectivity index (χ4n) is 3.32. The molecule has 10 heteroatoms. The Morgan fingerprint density at radius 2 is 2.21 bits per heavy atom. The number of methoxy groups -OCH3 is 1. The minimum atomic E-state index is -0.308. The Morgan fingerprint density at radius 3 is 3.00 bits per heavy atom. The largest absolute Gasteiger partial charge is 0.496 e.